The van der Waals surface area contributed by atoms with Crippen LogP contribution in [0.15, 0.2) is 28.9 Å². The molecule has 6 heteroatoms. The minimum absolute atomic E-state index is 0.313. The Bertz CT molecular complexity index is 551. The summed E-state index contributed by atoms with van der Waals surface area (Å²) in [6.07, 6.45) is 1.58. The summed E-state index contributed by atoms with van der Waals surface area (Å²) in [6, 6.07) is 5.13. The van der Waals surface area contributed by atoms with E-state index in [2.05, 4.69) is 20.8 Å². The Morgan fingerprint density at radius 2 is 2.28 bits per heavy atom. The average Bonchev–Trinajstić information content (AvgIpc) is 2.75. The first-order valence-electron chi connectivity index (χ1n) is 5.63. The van der Waals surface area contributed by atoms with Crippen molar-refractivity contribution in [3.63, 3.8) is 0 Å². The predicted octanol–water partition coefficient (Wildman–Crippen LogP) is 2.06. The fourth-order valence-corrected chi connectivity index (χ4v) is 1.47. The molecule has 6 nitrogen and oxygen atoms in total. The maximum Gasteiger partial charge on any atom is 0.276 e. The van der Waals surface area contributed by atoms with Crippen LogP contribution in [0.5, 0.6) is 0 Å². The average molecular weight is 246 g/mol. The lowest BCUT2D eigenvalue weighted by Gasteiger charge is -2.04. The maximum absolute atomic E-state index is 11.9. The van der Waals surface area contributed by atoms with Gasteiger partial charge in [0, 0.05) is 24.5 Å². The van der Waals surface area contributed by atoms with Crippen molar-refractivity contribution >= 4 is 17.5 Å². The van der Waals surface area contributed by atoms with Crippen molar-refractivity contribution in [1.82, 2.24) is 10.1 Å². The molecule has 0 spiro atoms. The van der Waals surface area contributed by atoms with Crippen LogP contribution in [0.3, 0.4) is 0 Å². The summed E-state index contributed by atoms with van der Waals surface area (Å²) in [4.78, 5) is 15.9. The lowest BCUT2D eigenvalue weighted by Crippen LogP contribution is -2.13. The molecule has 0 radical (unpaired) electrons. The van der Waals surface area contributed by atoms with Gasteiger partial charge in [0.2, 0.25) is 5.88 Å². The van der Waals surface area contributed by atoms with E-state index in [9.17, 15) is 4.79 Å². The van der Waals surface area contributed by atoms with Crippen LogP contribution in [0.4, 0.5) is 11.6 Å². The molecule has 0 unspecified atom stereocenters. The Morgan fingerprint density at radius 3 is 2.94 bits per heavy atom. The smallest absolute Gasteiger partial charge is 0.276 e. The minimum Gasteiger partial charge on any atom is -0.385 e. The highest BCUT2D eigenvalue weighted by Crippen LogP contribution is 2.12. The summed E-state index contributed by atoms with van der Waals surface area (Å²) in [5, 5.41) is 9.39. The Hall–Kier alpha value is -2.37. The van der Waals surface area contributed by atoms with Crippen LogP contribution in [-0.4, -0.2) is 22.6 Å². The van der Waals surface area contributed by atoms with Gasteiger partial charge in [-0.1, -0.05) is 5.16 Å². The SMILES string of the molecule is CCNc1ccnc(C(=O)Nc2cc(C)no2)c1. The van der Waals surface area contributed by atoms with Crippen molar-refractivity contribution in [3.05, 3.63) is 35.8 Å². The largest absolute Gasteiger partial charge is 0.385 e. The third-order valence-corrected chi connectivity index (χ3v) is 2.24. The van der Waals surface area contributed by atoms with Gasteiger partial charge in [-0.05, 0) is 26.0 Å². The Balaban J connectivity index is 2.11. The molecule has 2 rings (SSSR count). The molecule has 0 atom stereocenters. The highest BCUT2D eigenvalue weighted by atomic mass is 16.5. The van der Waals surface area contributed by atoms with Gasteiger partial charge >= 0.3 is 0 Å². The number of aromatic nitrogens is 2. The normalized spacial score (nSPS) is 10.1. The van der Waals surface area contributed by atoms with Crippen LogP contribution in [0.25, 0.3) is 0 Å². The van der Waals surface area contributed by atoms with Crippen molar-refractivity contribution in [3.8, 4) is 0 Å². The molecule has 0 fully saturated rings. The Labute approximate surface area is 104 Å². The number of hydrogen-bond acceptors (Lipinski definition) is 5. The number of pyridine rings is 1. The molecular weight excluding hydrogens is 232 g/mol. The zero-order chi connectivity index (χ0) is 13.0. The molecule has 0 aromatic carbocycles. The van der Waals surface area contributed by atoms with Gasteiger partial charge in [-0.25, -0.2) is 0 Å². The van der Waals surface area contributed by atoms with E-state index in [1.165, 1.54) is 0 Å². The summed E-state index contributed by atoms with van der Waals surface area (Å²) in [7, 11) is 0. The first-order chi connectivity index (χ1) is 8.69. The molecule has 0 saturated heterocycles. The van der Waals surface area contributed by atoms with Crippen LogP contribution < -0.4 is 10.6 Å². The molecule has 2 N–H and O–H groups in total. The van der Waals surface area contributed by atoms with Gasteiger partial charge in [-0.2, -0.15) is 0 Å². The standard InChI is InChI=1S/C12H14N4O2/c1-3-13-9-4-5-14-10(7-9)12(17)15-11-6-8(2)16-18-11/h4-7H,3H2,1-2H3,(H,13,14)(H,15,17). The van der Waals surface area contributed by atoms with Crippen molar-refractivity contribution in [1.29, 1.82) is 0 Å². The number of nitrogens with zero attached hydrogens (tertiary/aromatic N) is 2. The summed E-state index contributed by atoms with van der Waals surface area (Å²) < 4.78 is 4.91. The molecule has 2 aromatic rings. The molecular formula is C12H14N4O2. The number of carbonyl (C=O) groups excluding carboxylic acids is 1. The highest BCUT2D eigenvalue weighted by molar-refractivity contribution is 6.02. The second-order valence-corrected chi connectivity index (χ2v) is 3.75. The monoisotopic (exact) mass is 246 g/mol. The van der Waals surface area contributed by atoms with Gasteiger partial charge in [0.15, 0.2) is 0 Å². The Morgan fingerprint density at radius 1 is 1.44 bits per heavy atom. The van der Waals surface area contributed by atoms with Crippen molar-refractivity contribution in [2.75, 3.05) is 17.2 Å². The van der Waals surface area contributed by atoms with Crippen LogP contribution in [0, 0.1) is 6.92 Å². The molecule has 0 aliphatic heterocycles. The van der Waals surface area contributed by atoms with E-state index >= 15 is 0 Å². The summed E-state index contributed by atoms with van der Waals surface area (Å²) in [5.74, 6) is -0.0148. The lowest BCUT2D eigenvalue weighted by atomic mass is 10.3. The van der Waals surface area contributed by atoms with E-state index in [1.807, 2.05) is 6.92 Å². The number of aryl methyl sites for hydroxylation is 1. The van der Waals surface area contributed by atoms with Gasteiger partial charge < -0.3 is 9.84 Å². The third kappa shape index (κ3) is 2.85. The van der Waals surface area contributed by atoms with Gasteiger partial charge in [0.1, 0.15) is 5.69 Å². The molecule has 0 aliphatic carbocycles. The molecule has 0 aliphatic rings. The second kappa shape index (κ2) is 5.31. The van der Waals surface area contributed by atoms with Gasteiger partial charge in [0.25, 0.3) is 5.91 Å². The van der Waals surface area contributed by atoms with E-state index in [1.54, 1.807) is 31.3 Å². The molecule has 2 heterocycles. The van der Waals surface area contributed by atoms with Crippen molar-refractivity contribution in [2.24, 2.45) is 0 Å². The number of amides is 1. The van der Waals surface area contributed by atoms with Gasteiger partial charge in [0.05, 0.1) is 5.69 Å². The summed E-state index contributed by atoms with van der Waals surface area (Å²) in [6.45, 7) is 4.55. The van der Waals surface area contributed by atoms with E-state index in [0.717, 1.165) is 12.2 Å². The Kier molecular flexibility index (Phi) is 3.57. The quantitative estimate of drug-likeness (QED) is 0.863. The first-order valence-corrected chi connectivity index (χ1v) is 5.63. The minimum atomic E-state index is -0.328. The number of nitrogens with one attached hydrogen (secondary N) is 2. The molecule has 2 aromatic heterocycles. The lowest BCUT2D eigenvalue weighted by molar-refractivity contribution is 0.101. The van der Waals surface area contributed by atoms with Crippen LogP contribution in [0.1, 0.15) is 23.1 Å². The zero-order valence-electron chi connectivity index (χ0n) is 10.2. The van der Waals surface area contributed by atoms with Crippen molar-refractivity contribution in [2.45, 2.75) is 13.8 Å². The third-order valence-electron chi connectivity index (χ3n) is 2.24. The first kappa shape index (κ1) is 12.1. The topological polar surface area (TPSA) is 80.0 Å². The number of anilines is 2. The maximum atomic E-state index is 11.9. The molecule has 94 valence electrons. The van der Waals surface area contributed by atoms with E-state index < -0.39 is 0 Å². The van der Waals surface area contributed by atoms with Gasteiger partial charge in [-0.3, -0.25) is 15.1 Å². The molecule has 1 amide bonds. The molecule has 0 bridgehead atoms. The van der Waals surface area contributed by atoms with Crippen molar-refractivity contribution < 1.29 is 9.32 Å². The van der Waals surface area contributed by atoms with Crippen LogP contribution in [-0.2, 0) is 0 Å². The number of rotatable bonds is 4. The second-order valence-electron chi connectivity index (χ2n) is 3.75. The predicted molar refractivity (Wildman–Crippen MR) is 67.6 cm³/mol. The van der Waals surface area contributed by atoms with Crippen LogP contribution in [0.2, 0.25) is 0 Å². The van der Waals surface area contributed by atoms with E-state index in [4.69, 9.17) is 4.52 Å². The summed E-state index contributed by atoms with van der Waals surface area (Å²) in [5.41, 5.74) is 1.88. The zero-order valence-corrected chi connectivity index (χ0v) is 10.2. The van der Waals surface area contributed by atoms with E-state index in [0.29, 0.717) is 17.3 Å². The molecule has 18 heavy (non-hydrogen) atoms. The molecule has 0 saturated carbocycles. The number of hydrogen-bond donors (Lipinski definition) is 2. The fourth-order valence-electron chi connectivity index (χ4n) is 1.47. The van der Waals surface area contributed by atoms with Crippen LogP contribution >= 0.6 is 0 Å². The van der Waals surface area contributed by atoms with E-state index in [-0.39, 0.29) is 5.91 Å². The summed E-state index contributed by atoms with van der Waals surface area (Å²) >= 11 is 0. The highest BCUT2D eigenvalue weighted by Gasteiger charge is 2.10. The van der Waals surface area contributed by atoms with Gasteiger partial charge in [-0.15, -0.1) is 0 Å². The fraction of sp³-hybridized carbons (Fsp3) is 0.250. The number of carbonyl (C=O) groups is 1.